The zero-order valence-electron chi connectivity index (χ0n) is 10.3. The summed E-state index contributed by atoms with van der Waals surface area (Å²) >= 11 is 6.20. The Kier molecular flexibility index (Phi) is 4.98. The molecule has 0 radical (unpaired) electrons. The zero-order chi connectivity index (χ0) is 13.1. The first-order valence-corrected chi connectivity index (χ1v) is 7.46. The molecule has 1 atom stereocenters. The molecule has 0 heterocycles. The van der Waals surface area contributed by atoms with Gasteiger partial charge in [0, 0.05) is 5.38 Å². The summed E-state index contributed by atoms with van der Waals surface area (Å²) in [5.74, 6) is 0.307. The average Bonchev–Trinajstić information content (AvgIpc) is 2.29. The van der Waals surface area contributed by atoms with Crippen LogP contribution in [0.4, 0.5) is 0 Å². The fourth-order valence-electron chi connectivity index (χ4n) is 1.49. The molecule has 0 amide bonds. The summed E-state index contributed by atoms with van der Waals surface area (Å²) in [7, 11) is -2.00. The third kappa shape index (κ3) is 3.69. The summed E-state index contributed by atoms with van der Waals surface area (Å²) in [6.07, 6.45) is 0.552. The molecule has 17 heavy (non-hydrogen) atoms. The van der Waals surface area contributed by atoms with Gasteiger partial charge in [-0.05, 0) is 31.0 Å². The highest BCUT2D eigenvalue weighted by Gasteiger charge is 2.19. The van der Waals surface area contributed by atoms with Crippen LogP contribution in [0.15, 0.2) is 29.2 Å². The summed E-state index contributed by atoms with van der Waals surface area (Å²) in [6, 6.07) is 6.95. The van der Waals surface area contributed by atoms with Crippen LogP contribution >= 0.6 is 11.6 Å². The Bertz CT molecular complexity index is 471. The summed E-state index contributed by atoms with van der Waals surface area (Å²) in [5.41, 5.74) is 0.760. The lowest BCUT2D eigenvalue weighted by molar-refractivity contribution is 0.578. The molecule has 1 aromatic rings. The standard InChI is InChI=1S/C12H18ClNO2S/c1-9(2)11(13)8-10-6-4-5-7-12(10)17(15,16)14-3/h4-7,9,11,14H,8H2,1-3H3. The van der Waals surface area contributed by atoms with Gasteiger partial charge in [-0.1, -0.05) is 32.0 Å². The Balaban J connectivity index is 3.09. The van der Waals surface area contributed by atoms with Crippen molar-refractivity contribution in [3.8, 4) is 0 Å². The molecule has 96 valence electrons. The van der Waals surface area contributed by atoms with E-state index in [1.54, 1.807) is 12.1 Å². The molecular weight excluding hydrogens is 258 g/mol. The van der Waals surface area contributed by atoms with Crippen molar-refractivity contribution < 1.29 is 8.42 Å². The number of benzene rings is 1. The van der Waals surface area contributed by atoms with Crippen LogP contribution < -0.4 is 4.72 Å². The molecule has 0 saturated carbocycles. The minimum Gasteiger partial charge on any atom is -0.214 e. The highest BCUT2D eigenvalue weighted by Crippen LogP contribution is 2.21. The number of alkyl halides is 1. The van der Waals surface area contributed by atoms with Gasteiger partial charge < -0.3 is 0 Å². The van der Waals surface area contributed by atoms with Gasteiger partial charge in [0.05, 0.1) is 4.90 Å². The third-order valence-corrected chi connectivity index (χ3v) is 4.84. The normalized spacial score (nSPS) is 13.9. The van der Waals surface area contributed by atoms with E-state index in [1.807, 2.05) is 26.0 Å². The van der Waals surface area contributed by atoms with E-state index in [0.29, 0.717) is 17.2 Å². The molecule has 1 unspecified atom stereocenters. The second kappa shape index (κ2) is 5.85. The van der Waals surface area contributed by atoms with Gasteiger partial charge in [0.15, 0.2) is 0 Å². The molecule has 0 aliphatic carbocycles. The van der Waals surface area contributed by atoms with Crippen LogP contribution in [0.5, 0.6) is 0 Å². The van der Waals surface area contributed by atoms with Crippen LogP contribution in [0.2, 0.25) is 0 Å². The molecule has 0 aliphatic heterocycles. The van der Waals surface area contributed by atoms with E-state index in [1.165, 1.54) is 7.05 Å². The molecule has 3 nitrogen and oxygen atoms in total. The Labute approximate surface area is 108 Å². The van der Waals surface area contributed by atoms with Crippen LogP contribution in [0.1, 0.15) is 19.4 Å². The van der Waals surface area contributed by atoms with Crippen molar-refractivity contribution in [1.29, 1.82) is 0 Å². The van der Waals surface area contributed by atoms with Crippen molar-refractivity contribution in [2.24, 2.45) is 5.92 Å². The van der Waals surface area contributed by atoms with Crippen LogP contribution in [0, 0.1) is 5.92 Å². The minimum atomic E-state index is -3.41. The van der Waals surface area contributed by atoms with Crippen molar-refractivity contribution in [2.75, 3.05) is 7.05 Å². The van der Waals surface area contributed by atoms with E-state index in [9.17, 15) is 8.42 Å². The molecule has 0 fully saturated rings. The highest BCUT2D eigenvalue weighted by atomic mass is 35.5. The Hall–Kier alpha value is -0.580. The molecule has 0 spiro atoms. The lowest BCUT2D eigenvalue weighted by Gasteiger charge is -2.15. The summed E-state index contributed by atoms with van der Waals surface area (Å²) in [6.45, 7) is 4.04. The Morgan fingerprint density at radius 1 is 1.29 bits per heavy atom. The summed E-state index contributed by atoms with van der Waals surface area (Å²) < 4.78 is 26.0. The maximum atomic E-state index is 11.8. The number of sulfonamides is 1. The zero-order valence-corrected chi connectivity index (χ0v) is 11.8. The monoisotopic (exact) mass is 275 g/mol. The van der Waals surface area contributed by atoms with Crippen molar-refractivity contribution in [3.63, 3.8) is 0 Å². The minimum absolute atomic E-state index is 0.0665. The fourth-order valence-corrected chi connectivity index (χ4v) is 2.63. The van der Waals surface area contributed by atoms with E-state index in [4.69, 9.17) is 11.6 Å². The predicted molar refractivity (Wildman–Crippen MR) is 70.9 cm³/mol. The molecule has 0 aliphatic rings. The van der Waals surface area contributed by atoms with Gasteiger partial charge in [0.25, 0.3) is 0 Å². The topological polar surface area (TPSA) is 46.2 Å². The number of rotatable bonds is 5. The summed E-state index contributed by atoms with van der Waals surface area (Å²) in [4.78, 5) is 0.314. The molecule has 0 saturated heterocycles. The maximum absolute atomic E-state index is 11.8. The third-order valence-electron chi connectivity index (χ3n) is 2.67. The molecule has 1 aromatic carbocycles. The Morgan fingerprint density at radius 3 is 2.41 bits per heavy atom. The lowest BCUT2D eigenvalue weighted by atomic mass is 10.0. The smallest absolute Gasteiger partial charge is 0.214 e. The quantitative estimate of drug-likeness (QED) is 0.839. The molecule has 0 aromatic heterocycles. The number of nitrogens with one attached hydrogen (secondary N) is 1. The van der Waals surface area contributed by atoms with E-state index < -0.39 is 10.0 Å². The van der Waals surface area contributed by atoms with E-state index in [0.717, 1.165) is 5.56 Å². The van der Waals surface area contributed by atoms with Gasteiger partial charge in [-0.3, -0.25) is 0 Å². The maximum Gasteiger partial charge on any atom is 0.240 e. The van der Waals surface area contributed by atoms with E-state index in [2.05, 4.69) is 4.72 Å². The van der Waals surface area contributed by atoms with E-state index in [-0.39, 0.29) is 5.38 Å². The van der Waals surface area contributed by atoms with E-state index >= 15 is 0 Å². The van der Waals surface area contributed by atoms with Gasteiger partial charge in [0.1, 0.15) is 0 Å². The van der Waals surface area contributed by atoms with Gasteiger partial charge in [0.2, 0.25) is 10.0 Å². The number of halogens is 1. The second-order valence-corrected chi connectivity index (χ2v) is 6.69. The van der Waals surface area contributed by atoms with Crippen molar-refractivity contribution in [3.05, 3.63) is 29.8 Å². The van der Waals surface area contributed by atoms with Gasteiger partial charge in [-0.15, -0.1) is 11.6 Å². The highest BCUT2D eigenvalue weighted by molar-refractivity contribution is 7.89. The van der Waals surface area contributed by atoms with Crippen molar-refractivity contribution in [2.45, 2.75) is 30.5 Å². The van der Waals surface area contributed by atoms with Crippen molar-refractivity contribution >= 4 is 21.6 Å². The second-order valence-electron chi connectivity index (χ2n) is 4.28. The first-order valence-electron chi connectivity index (χ1n) is 5.54. The molecule has 1 rings (SSSR count). The predicted octanol–water partition coefficient (Wildman–Crippen LogP) is 2.40. The van der Waals surface area contributed by atoms with Crippen LogP contribution in [0.25, 0.3) is 0 Å². The van der Waals surface area contributed by atoms with Gasteiger partial charge >= 0.3 is 0 Å². The largest absolute Gasteiger partial charge is 0.240 e. The first-order chi connectivity index (χ1) is 7.88. The van der Waals surface area contributed by atoms with Crippen LogP contribution in [0.3, 0.4) is 0 Å². The average molecular weight is 276 g/mol. The summed E-state index contributed by atoms with van der Waals surface area (Å²) in [5, 5.41) is -0.0665. The van der Waals surface area contributed by atoms with Crippen LogP contribution in [-0.4, -0.2) is 20.8 Å². The number of hydrogen-bond donors (Lipinski definition) is 1. The molecule has 0 bridgehead atoms. The SMILES string of the molecule is CNS(=O)(=O)c1ccccc1CC(Cl)C(C)C. The fraction of sp³-hybridized carbons (Fsp3) is 0.500. The van der Waals surface area contributed by atoms with Gasteiger partial charge in [-0.2, -0.15) is 0 Å². The first kappa shape index (κ1) is 14.5. The molecule has 1 N–H and O–H groups in total. The molecule has 5 heteroatoms. The van der Waals surface area contributed by atoms with Crippen LogP contribution in [-0.2, 0) is 16.4 Å². The molecular formula is C12H18ClNO2S. The number of hydrogen-bond acceptors (Lipinski definition) is 2. The lowest BCUT2D eigenvalue weighted by Crippen LogP contribution is -2.21. The van der Waals surface area contributed by atoms with Crippen molar-refractivity contribution in [1.82, 2.24) is 4.72 Å². The van der Waals surface area contributed by atoms with Gasteiger partial charge in [-0.25, -0.2) is 13.1 Å². The Morgan fingerprint density at radius 2 is 1.88 bits per heavy atom.